The maximum absolute atomic E-state index is 5.97. The Hall–Kier alpha value is -1.79. The number of anilines is 2. The molecule has 1 fully saturated rings. The molecule has 0 radical (unpaired) electrons. The third-order valence-corrected chi connectivity index (χ3v) is 5.43. The Labute approximate surface area is 140 Å². The lowest BCUT2D eigenvalue weighted by atomic mass is 10.1. The first kappa shape index (κ1) is 14.8. The molecule has 1 saturated heterocycles. The molecule has 2 aliphatic rings. The third-order valence-electron chi connectivity index (χ3n) is 4.32. The molecule has 0 aliphatic carbocycles. The van der Waals surface area contributed by atoms with Crippen LogP contribution >= 0.6 is 11.8 Å². The van der Waals surface area contributed by atoms with Crippen LogP contribution in [0.1, 0.15) is 11.3 Å². The number of nitrogens with two attached hydrogens (primary N) is 1. The number of nitrogen functional groups attached to an aromatic ring is 1. The molecule has 23 heavy (non-hydrogen) atoms. The SMILES string of the molecule is Cc1ccc(N)cc1-c1nc2c(c(N3CCOCC3)n1)SCC2. The highest BCUT2D eigenvalue weighted by atomic mass is 32.2. The monoisotopic (exact) mass is 328 g/mol. The molecule has 0 bridgehead atoms. The second kappa shape index (κ2) is 6.02. The van der Waals surface area contributed by atoms with E-state index in [0.717, 1.165) is 66.9 Å². The number of aromatic nitrogens is 2. The first-order valence-corrected chi connectivity index (χ1v) is 8.94. The van der Waals surface area contributed by atoms with Crippen LogP contribution in [0.25, 0.3) is 11.4 Å². The van der Waals surface area contributed by atoms with Gasteiger partial charge in [0.25, 0.3) is 0 Å². The van der Waals surface area contributed by atoms with Gasteiger partial charge in [0.2, 0.25) is 0 Å². The summed E-state index contributed by atoms with van der Waals surface area (Å²) in [5, 5.41) is 0. The molecule has 2 N–H and O–H groups in total. The lowest BCUT2D eigenvalue weighted by Gasteiger charge is -2.29. The summed E-state index contributed by atoms with van der Waals surface area (Å²) in [4.78, 5) is 13.3. The van der Waals surface area contributed by atoms with Crippen LogP contribution in [-0.2, 0) is 11.2 Å². The Kier molecular flexibility index (Phi) is 3.87. The zero-order chi connectivity index (χ0) is 15.8. The summed E-state index contributed by atoms with van der Waals surface area (Å²) in [5.41, 5.74) is 10.1. The van der Waals surface area contributed by atoms with E-state index in [4.69, 9.17) is 20.4 Å². The molecule has 0 spiro atoms. The van der Waals surface area contributed by atoms with E-state index >= 15 is 0 Å². The van der Waals surface area contributed by atoms with Gasteiger partial charge in [0.1, 0.15) is 5.82 Å². The van der Waals surface area contributed by atoms with Crippen LogP contribution in [0.3, 0.4) is 0 Å². The molecular weight excluding hydrogens is 308 g/mol. The highest BCUT2D eigenvalue weighted by Gasteiger charge is 2.25. The molecule has 2 aromatic rings. The molecule has 2 aliphatic heterocycles. The average molecular weight is 328 g/mol. The van der Waals surface area contributed by atoms with Crippen LogP contribution in [0, 0.1) is 6.92 Å². The summed E-state index contributed by atoms with van der Waals surface area (Å²) in [6.07, 6.45) is 1.01. The molecule has 0 saturated carbocycles. The van der Waals surface area contributed by atoms with E-state index in [-0.39, 0.29) is 0 Å². The van der Waals surface area contributed by atoms with Crippen molar-refractivity contribution in [2.24, 2.45) is 0 Å². The van der Waals surface area contributed by atoms with Crippen molar-refractivity contribution < 1.29 is 4.74 Å². The molecule has 3 heterocycles. The number of thioether (sulfide) groups is 1. The van der Waals surface area contributed by atoms with Gasteiger partial charge in [-0.05, 0) is 24.6 Å². The van der Waals surface area contributed by atoms with Gasteiger partial charge in [-0.15, -0.1) is 11.8 Å². The van der Waals surface area contributed by atoms with Gasteiger partial charge in [0.15, 0.2) is 5.82 Å². The van der Waals surface area contributed by atoms with Gasteiger partial charge < -0.3 is 15.4 Å². The predicted molar refractivity (Wildman–Crippen MR) is 94.1 cm³/mol. The summed E-state index contributed by atoms with van der Waals surface area (Å²) >= 11 is 1.87. The van der Waals surface area contributed by atoms with Crippen molar-refractivity contribution in [1.82, 2.24) is 9.97 Å². The molecule has 0 unspecified atom stereocenters. The molecule has 0 atom stereocenters. The standard InChI is InChI=1S/C17H20N4OS/c1-11-2-3-12(18)10-13(11)16-19-14-4-9-23-15(14)17(20-16)21-5-7-22-8-6-21/h2-3,10H,4-9,18H2,1H3. The first-order valence-electron chi connectivity index (χ1n) is 7.95. The number of nitrogens with zero attached hydrogens (tertiary/aromatic N) is 3. The second-order valence-electron chi connectivity index (χ2n) is 5.92. The third kappa shape index (κ3) is 2.77. The number of hydrogen-bond donors (Lipinski definition) is 1. The lowest BCUT2D eigenvalue weighted by Crippen LogP contribution is -2.37. The molecule has 1 aromatic heterocycles. The fourth-order valence-corrected chi connectivity index (χ4v) is 4.16. The van der Waals surface area contributed by atoms with Crippen molar-refractivity contribution in [3.8, 4) is 11.4 Å². The average Bonchev–Trinajstić information content (AvgIpc) is 3.05. The minimum atomic E-state index is 0.747. The molecule has 6 heteroatoms. The van der Waals surface area contributed by atoms with Gasteiger partial charge in [-0.1, -0.05) is 6.07 Å². The van der Waals surface area contributed by atoms with Gasteiger partial charge in [0, 0.05) is 36.5 Å². The van der Waals surface area contributed by atoms with Crippen LogP contribution in [0.4, 0.5) is 11.5 Å². The molecule has 4 rings (SSSR count). The summed E-state index contributed by atoms with van der Waals surface area (Å²) in [6, 6.07) is 5.93. The highest BCUT2D eigenvalue weighted by molar-refractivity contribution is 7.99. The normalized spacial score (nSPS) is 17.3. The van der Waals surface area contributed by atoms with Gasteiger partial charge >= 0.3 is 0 Å². The minimum absolute atomic E-state index is 0.747. The minimum Gasteiger partial charge on any atom is -0.399 e. The number of aryl methyl sites for hydroxylation is 2. The Morgan fingerprint density at radius 2 is 2.04 bits per heavy atom. The van der Waals surface area contributed by atoms with Crippen molar-refractivity contribution >= 4 is 23.3 Å². The topological polar surface area (TPSA) is 64.3 Å². The van der Waals surface area contributed by atoms with Crippen molar-refractivity contribution in [2.45, 2.75) is 18.2 Å². The van der Waals surface area contributed by atoms with Crippen LogP contribution in [0.2, 0.25) is 0 Å². The van der Waals surface area contributed by atoms with Gasteiger partial charge in [-0.3, -0.25) is 0 Å². The highest BCUT2D eigenvalue weighted by Crippen LogP contribution is 2.39. The van der Waals surface area contributed by atoms with E-state index in [1.807, 2.05) is 30.0 Å². The van der Waals surface area contributed by atoms with E-state index in [1.165, 1.54) is 10.6 Å². The van der Waals surface area contributed by atoms with Gasteiger partial charge in [0.05, 0.1) is 23.8 Å². The Morgan fingerprint density at radius 3 is 2.87 bits per heavy atom. The van der Waals surface area contributed by atoms with E-state index in [9.17, 15) is 0 Å². The first-order chi connectivity index (χ1) is 11.2. The quantitative estimate of drug-likeness (QED) is 0.855. The van der Waals surface area contributed by atoms with Crippen molar-refractivity contribution in [3.63, 3.8) is 0 Å². The van der Waals surface area contributed by atoms with Crippen molar-refractivity contribution in [1.29, 1.82) is 0 Å². The Balaban J connectivity index is 1.83. The lowest BCUT2D eigenvalue weighted by molar-refractivity contribution is 0.122. The van der Waals surface area contributed by atoms with Gasteiger partial charge in [-0.2, -0.15) is 0 Å². The fourth-order valence-electron chi connectivity index (χ4n) is 3.04. The Bertz CT molecular complexity index is 744. The summed E-state index contributed by atoms with van der Waals surface area (Å²) in [5.74, 6) is 2.94. The molecular formula is C17H20N4OS. The number of benzene rings is 1. The van der Waals surface area contributed by atoms with E-state index in [1.54, 1.807) is 0 Å². The number of hydrogen-bond acceptors (Lipinski definition) is 6. The van der Waals surface area contributed by atoms with E-state index < -0.39 is 0 Å². The van der Waals surface area contributed by atoms with E-state index in [0.29, 0.717) is 0 Å². The Morgan fingerprint density at radius 1 is 1.22 bits per heavy atom. The summed E-state index contributed by atoms with van der Waals surface area (Å²) in [6.45, 7) is 5.37. The number of ether oxygens (including phenoxy) is 1. The molecule has 5 nitrogen and oxygen atoms in total. The van der Waals surface area contributed by atoms with Crippen molar-refractivity contribution in [2.75, 3.05) is 42.7 Å². The second-order valence-corrected chi connectivity index (χ2v) is 7.02. The molecule has 1 aromatic carbocycles. The zero-order valence-corrected chi connectivity index (χ0v) is 14.0. The number of rotatable bonds is 2. The fraction of sp³-hybridized carbons (Fsp3) is 0.412. The maximum Gasteiger partial charge on any atom is 0.162 e. The van der Waals surface area contributed by atoms with E-state index in [2.05, 4.69) is 11.8 Å². The zero-order valence-electron chi connectivity index (χ0n) is 13.2. The number of fused-ring (bicyclic) bond motifs is 1. The smallest absolute Gasteiger partial charge is 0.162 e. The largest absolute Gasteiger partial charge is 0.399 e. The summed E-state index contributed by atoms with van der Waals surface area (Å²) in [7, 11) is 0. The van der Waals surface area contributed by atoms with Crippen LogP contribution < -0.4 is 10.6 Å². The number of morpholine rings is 1. The molecule has 120 valence electrons. The van der Waals surface area contributed by atoms with Crippen LogP contribution in [0.15, 0.2) is 23.1 Å². The van der Waals surface area contributed by atoms with Crippen LogP contribution in [-0.4, -0.2) is 42.0 Å². The summed E-state index contributed by atoms with van der Waals surface area (Å²) < 4.78 is 5.48. The molecule has 0 amide bonds. The maximum atomic E-state index is 5.97. The van der Waals surface area contributed by atoms with Crippen molar-refractivity contribution in [3.05, 3.63) is 29.5 Å². The van der Waals surface area contributed by atoms with Gasteiger partial charge in [-0.25, -0.2) is 9.97 Å². The predicted octanol–water partition coefficient (Wildman–Crippen LogP) is 2.52. The van der Waals surface area contributed by atoms with Crippen LogP contribution in [0.5, 0.6) is 0 Å².